The van der Waals surface area contributed by atoms with Gasteiger partial charge < -0.3 is 15.0 Å². The van der Waals surface area contributed by atoms with Crippen LogP contribution in [-0.4, -0.2) is 78.5 Å². The predicted octanol–water partition coefficient (Wildman–Crippen LogP) is 3.60. The minimum atomic E-state index is -0.692. The van der Waals surface area contributed by atoms with E-state index < -0.39 is 12.0 Å². The lowest BCUT2D eigenvalue weighted by Crippen LogP contribution is -2.51. The molecule has 190 valence electrons. The highest BCUT2D eigenvalue weighted by Gasteiger charge is 2.38. The zero-order valence-corrected chi connectivity index (χ0v) is 21.5. The summed E-state index contributed by atoms with van der Waals surface area (Å²) < 4.78 is 5.44. The second-order valence-corrected chi connectivity index (χ2v) is 9.46. The Hall–Kier alpha value is -2.84. The number of amides is 3. The third kappa shape index (κ3) is 6.44. The number of urea groups is 1. The van der Waals surface area contributed by atoms with Gasteiger partial charge in [0.05, 0.1) is 18.2 Å². The van der Waals surface area contributed by atoms with E-state index in [0.717, 1.165) is 13.0 Å². The number of esters is 1. The molecule has 8 nitrogen and oxygen atoms in total. The van der Waals surface area contributed by atoms with E-state index in [-0.39, 0.29) is 31.0 Å². The van der Waals surface area contributed by atoms with Crippen LogP contribution in [-0.2, 0) is 14.3 Å². The van der Waals surface area contributed by atoms with Crippen LogP contribution in [0.1, 0.15) is 38.8 Å². The van der Waals surface area contributed by atoms with Crippen molar-refractivity contribution in [3.05, 3.63) is 58.8 Å². The number of benzene rings is 1. The zero-order valence-electron chi connectivity index (χ0n) is 20.8. The van der Waals surface area contributed by atoms with Gasteiger partial charge in [0.15, 0.2) is 0 Å². The van der Waals surface area contributed by atoms with E-state index in [0.29, 0.717) is 48.0 Å². The summed E-state index contributed by atoms with van der Waals surface area (Å²) >= 11 is 6.23. The first-order chi connectivity index (χ1) is 16.8. The maximum atomic E-state index is 13.3. The summed E-state index contributed by atoms with van der Waals surface area (Å²) in [7, 11) is 0. The Balaban J connectivity index is 2.00. The van der Waals surface area contributed by atoms with Crippen molar-refractivity contribution < 1.29 is 19.1 Å². The van der Waals surface area contributed by atoms with Crippen LogP contribution in [0, 0.1) is 5.92 Å². The summed E-state index contributed by atoms with van der Waals surface area (Å²) in [5, 5.41) is 3.46. The van der Waals surface area contributed by atoms with E-state index in [2.05, 4.69) is 16.8 Å². The summed E-state index contributed by atoms with van der Waals surface area (Å²) in [6.45, 7) is 12.9. The number of carbonyl (C=O) groups is 3. The summed E-state index contributed by atoms with van der Waals surface area (Å²) in [5.41, 5.74) is 1.67. The number of nitrogens with zero attached hydrogens (tertiary/aromatic N) is 3. The Morgan fingerprint density at radius 2 is 2.03 bits per heavy atom. The lowest BCUT2D eigenvalue weighted by Gasteiger charge is -2.38. The van der Waals surface area contributed by atoms with Gasteiger partial charge in [-0.3, -0.25) is 14.6 Å². The van der Waals surface area contributed by atoms with E-state index in [1.165, 1.54) is 0 Å². The molecular weight excluding hydrogens is 468 g/mol. The van der Waals surface area contributed by atoms with Crippen LogP contribution in [0.5, 0.6) is 0 Å². The van der Waals surface area contributed by atoms with E-state index >= 15 is 0 Å². The highest BCUT2D eigenvalue weighted by Crippen LogP contribution is 2.33. The lowest BCUT2D eigenvalue weighted by molar-refractivity contribution is -0.139. The molecule has 1 atom stereocenters. The third-order valence-corrected chi connectivity index (χ3v) is 6.43. The van der Waals surface area contributed by atoms with E-state index in [1.54, 1.807) is 36.1 Å². The number of rotatable bonds is 8. The first-order valence-corrected chi connectivity index (χ1v) is 12.5. The topological polar surface area (TPSA) is 82.2 Å². The number of nitrogens with one attached hydrogen (secondary N) is 1. The molecule has 3 amide bonds. The smallest absolute Gasteiger partial charge is 0.338 e. The van der Waals surface area contributed by atoms with Crippen molar-refractivity contribution in [1.82, 2.24) is 20.0 Å². The quantitative estimate of drug-likeness (QED) is 0.434. The molecule has 0 radical (unpaired) electrons. The van der Waals surface area contributed by atoms with Crippen LogP contribution in [0.4, 0.5) is 4.79 Å². The average Bonchev–Trinajstić information content (AvgIpc) is 3.06. The molecule has 0 saturated carbocycles. The van der Waals surface area contributed by atoms with Crippen LogP contribution in [0.15, 0.2) is 48.2 Å². The van der Waals surface area contributed by atoms with Gasteiger partial charge in [-0.05, 0) is 31.0 Å². The molecule has 2 heterocycles. The molecule has 0 aromatic heterocycles. The number of carbonyl (C=O) groups excluding carboxylic acids is 3. The van der Waals surface area contributed by atoms with Crippen LogP contribution in [0.25, 0.3) is 0 Å². The Bertz CT molecular complexity index is 993. The molecule has 0 bridgehead atoms. The summed E-state index contributed by atoms with van der Waals surface area (Å²) in [6.07, 6.45) is 2.44. The summed E-state index contributed by atoms with van der Waals surface area (Å²) in [4.78, 5) is 44.6. The minimum absolute atomic E-state index is 0.0525. The van der Waals surface area contributed by atoms with Crippen molar-refractivity contribution in [1.29, 1.82) is 0 Å². The van der Waals surface area contributed by atoms with Crippen LogP contribution < -0.4 is 5.32 Å². The molecule has 35 heavy (non-hydrogen) atoms. The first kappa shape index (κ1) is 26.8. The van der Waals surface area contributed by atoms with E-state index in [4.69, 9.17) is 16.3 Å². The molecule has 2 aliphatic rings. The Kier molecular flexibility index (Phi) is 9.34. The molecule has 1 saturated heterocycles. The van der Waals surface area contributed by atoms with Crippen LogP contribution in [0.3, 0.4) is 0 Å². The Morgan fingerprint density at radius 3 is 2.69 bits per heavy atom. The van der Waals surface area contributed by atoms with E-state index in [9.17, 15) is 14.4 Å². The van der Waals surface area contributed by atoms with Gasteiger partial charge in [-0.15, -0.1) is 6.58 Å². The number of hydrogen-bond donors (Lipinski definition) is 1. The van der Waals surface area contributed by atoms with Crippen LogP contribution >= 0.6 is 11.6 Å². The number of hydrogen-bond acceptors (Lipinski definition) is 5. The fraction of sp³-hybridized carbons (Fsp3) is 0.500. The van der Waals surface area contributed by atoms with Gasteiger partial charge >= 0.3 is 12.0 Å². The normalized spacial score (nSPS) is 19.5. The van der Waals surface area contributed by atoms with Gasteiger partial charge in [0.1, 0.15) is 0 Å². The van der Waals surface area contributed by atoms with Crippen molar-refractivity contribution in [2.24, 2.45) is 5.92 Å². The molecule has 0 aliphatic carbocycles. The number of ether oxygens (including phenoxy) is 1. The second kappa shape index (κ2) is 12.2. The Labute approximate surface area is 212 Å². The van der Waals surface area contributed by atoms with Crippen molar-refractivity contribution in [2.45, 2.75) is 33.2 Å². The van der Waals surface area contributed by atoms with Gasteiger partial charge in [-0.25, -0.2) is 9.59 Å². The van der Waals surface area contributed by atoms with Crippen molar-refractivity contribution in [2.75, 3.05) is 45.9 Å². The molecule has 1 fully saturated rings. The molecule has 3 rings (SSSR count). The molecule has 1 N–H and O–H groups in total. The van der Waals surface area contributed by atoms with Gasteiger partial charge in [0.25, 0.3) is 0 Å². The van der Waals surface area contributed by atoms with Crippen molar-refractivity contribution >= 4 is 29.5 Å². The largest absolute Gasteiger partial charge is 0.463 e. The third-order valence-electron chi connectivity index (χ3n) is 6.19. The van der Waals surface area contributed by atoms with E-state index in [1.807, 2.05) is 24.8 Å². The molecular formula is C26H35ClN4O4. The second-order valence-electron chi connectivity index (χ2n) is 9.03. The monoisotopic (exact) mass is 502 g/mol. The van der Waals surface area contributed by atoms with Crippen LogP contribution in [0.2, 0.25) is 5.02 Å². The molecule has 0 spiro atoms. The number of halogens is 1. The van der Waals surface area contributed by atoms with Crippen molar-refractivity contribution in [3.63, 3.8) is 0 Å². The first-order valence-electron chi connectivity index (χ1n) is 12.1. The average molecular weight is 503 g/mol. The maximum absolute atomic E-state index is 13.3. The van der Waals surface area contributed by atoms with Gasteiger partial charge in [0.2, 0.25) is 5.91 Å². The lowest BCUT2D eigenvalue weighted by atomic mass is 9.94. The molecule has 1 unspecified atom stereocenters. The Morgan fingerprint density at radius 1 is 1.26 bits per heavy atom. The highest BCUT2D eigenvalue weighted by molar-refractivity contribution is 6.30. The SMILES string of the molecule is C=CCN1C(=O)NC(c2cccc(Cl)c2)C(C(=O)OCC)=C1CN1CCCN(C(=O)C(C)C)CC1. The standard InChI is InChI=1S/C26H35ClN4O4/c1-5-11-31-21(17-29-12-8-13-30(15-14-29)24(32)18(3)4)22(25(33)35-6-2)23(28-26(31)34)19-9-7-10-20(27)16-19/h5,7,9-10,16,18,23H,1,6,8,11-15,17H2,2-4H3,(H,28,34). The minimum Gasteiger partial charge on any atom is -0.463 e. The fourth-order valence-corrected chi connectivity index (χ4v) is 4.71. The highest BCUT2D eigenvalue weighted by atomic mass is 35.5. The van der Waals surface area contributed by atoms with Gasteiger partial charge in [-0.2, -0.15) is 0 Å². The molecule has 1 aromatic carbocycles. The van der Waals surface area contributed by atoms with Gasteiger partial charge in [0, 0.05) is 55.9 Å². The molecule has 9 heteroatoms. The zero-order chi connectivity index (χ0) is 25.5. The van der Waals surface area contributed by atoms with Gasteiger partial charge in [-0.1, -0.05) is 43.7 Å². The maximum Gasteiger partial charge on any atom is 0.338 e. The summed E-state index contributed by atoms with van der Waals surface area (Å²) in [5.74, 6) is -0.388. The summed E-state index contributed by atoms with van der Waals surface area (Å²) in [6, 6.07) is 6.10. The molecule has 2 aliphatic heterocycles. The molecule has 1 aromatic rings. The predicted molar refractivity (Wildman–Crippen MR) is 136 cm³/mol. The fourth-order valence-electron chi connectivity index (χ4n) is 4.51. The van der Waals surface area contributed by atoms with Crippen molar-refractivity contribution in [3.8, 4) is 0 Å².